The number of amides is 1. The third kappa shape index (κ3) is 5.66. The Hall–Kier alpha value is -2.54. The fourth-order valence-corrected chi connectivity index (χ4v) is 6.55. The van der Waals surface area contributed by atoms with Gasteiger partial charge in [0.25, 0.3) is 0 Å². The molecule has 0 radical (unpaired) electrons. The minimum Gasteiger partial charge on any atom is -0.481 e. The maximum absolute atomic E-state index is 12.8. The maximum Gasteiger partial charge on any atom is 0.235 e. The second kappa shape index (κ2) is 11.0. The lowest BCUT2D eigenvalue weighted by Crippen LogP contribution is -2.15. The molecule has 184 valence electrons. The third-order valence-electron chi connectivity index (χ3n) is 6.02. The number of benzene rings is 1. The minimum absolute atomic E-state index is 0.166. The number of thioether (sulfide) groups is 1. The van der Waals surface area contributed by atoms with Crippen molar-refractivity contribution in [1.82, 2.24) is 14.8 Å². The Morgan fingerprint density at radius 1 is 1.46 bits per heavy atom. The number of ether oxygens (including phenoxy) is 1. The fourth-order valence-electron chi connectivity index (χ4n) is 4.20. The van der Waals surface area contributed by atoms with Gasteiger partial charge in [-0.2, -0.15) is 5.26 Å². The van der Waals surface area contributed by atoms with Crippen LogP contribution in [-0.2, 0) is 24.2 Å². The number of hydrogen-bond donors (Lipinski definition) is 1. The van der Waals surface area contributed by atoms with Gasteiger partial charge in [0.1, 0.15) is 16.8 Å². The Bertz CT molecular complexity index is 1280. The van der Waals surface area contributed by atoms with Crippen molar-refractivity contribution in [3.63, 3.8) is 0 Å². The normalized spacial score (nSPS) is 15.8. The van der Waals surface area contributed by atoms with Crippen LogP contribution in [0.4, 0.5) is 5.00 Å². The summed E-state index contributed by atoms with van der Waals surface area (Å²) in [6.07, 6.45) is 2.57. The molecule has 3 aromatic rings. The Morgan fingerprint density at radius 2 is 2.26 bits per heavy atom. The Kier molecular flexibility index (Phi) is 8.05. The number of anilines is 1. The number of fused-ring (bicyclic) bond motifs is 1. The zero-order valence-corrected chi connectivity index (χ0v) is 22.6. The molecule has 1 aliphatic rings. The van der Waals surface area contributed by atoms with Gasteiger partial charge in [-0.1, -0.05) is 36.4 Å². The van der Waals surface area contributed by atoms with Crippen LogP contribution in [0.2, 0.25) is 5.02 Å². The molecule has 7 nitrogen and oxygen atoms in total. The molecule has 35 heavy (non-hydrogen) atoms. The van der Waals surface area contributed by atoms with Crippen molar-refractivity contribution in [3.8, 4) is 11.8 Å². The average Bonchev–Trinajstić information content (AvgIpc) is 3.39. The Balaban J connectivity index is 1.42. The SMILES string of the molecule is CCn1c(SCC(=O)Nc2sc3c(c2C#N)CCC(C)C3)nnc1C(C)Oc1cc(C)ccc1Cl. The molecule has 1 aliphatic carbocycles. The summed E-state index contributed by atoms with van der Waals surface area (Å²) in [6, 6.07) is 7.93. The summed E-state index contributed by atoms with van der Waals surface area (Å²) in [7, 11) is 0. The zero-order chi connectivity index (χ0) is 25.1. The van der Waals surface area contributed by atoms with Crippen LogP contribution < -0.4 is 10.1 Å². The second-order valence-corrected chi connectivity index (χ2v) is 11.2. The summed E-state index contributed by atoms with van der Waals surface area (Å²) in [5, 5.41) is 23.1. The monoisotopic (exact) mass is 529 g/mol. The van der Waals surface area contributed by atoms with Crippen LogP contribution in [-0.4, -0.2) is 26.4 Å². The van der Waals surface area contributed by atoms with Crippen molar-refractivity contribution in [2.45, 2.75) is 64.8 Å². The molecule has 10 heteroatoms. The second-order valence-electron chi connectivity index (χ2n) is 8.78. The molecular weight excluding hydrogens is 502 g/mol. The lowest BCUT2D eigenvalue weighted by molar-refractivity contribution is -0.113. The molecule has 0 saturated heterocycles. The molecule has 0 fully saturated rings. The number of hydrogen-bond acceptors (Lipinski definition) is 7. The van der Waals surface area contributed by atoms with Gasteiger partial charge in [0.2, 0.25) is 5.91 Å². The van der Waals surface area contributed by atoms with Gasteiger partial charge in [0.05, 0.1) is 16.3 Å². The van der Waals surface area contributed by atoms with Crippen LogP contribution in [0.1, 0.15) is 60.7 Å². The van der Waals surface area contributed by atoms with E-state index in [1.807, 2.05) is 43.5 Å². The number of aromatic nitrogens is 3. The number of nitriles is 1. The van der Waals surface area contributed by atoms with E-state index in [0.717, 1.165) is 30.4 Å². The number of aryl methyl sites for hydroxylation is 1. The first-order valence-corrected chi connectivity index (χ1v) is 13.8. The minimum atomic E-state index is -0.372. The van der Waals surface area contributed by atoms with E-state index in [1.54, 1.807) is 0 Å². The van der Waals surface area contributed by atoms with Gasteiger partial charge in [-0.15, -0.1) is 21.5 Å². The molecule has 2 atom stereocenters. The summed E-state index contributed by atoms with van der Waals surface area (Å²) < 4.78 is 8.01. The fraction of sp³-hybridized carbons (Fsp3) is 0.440. The number of thiophene rings is 1. The summed E-state index contributed by atoms with van der Waals surface area (Å²) >= 11 is 9.13. The van der Waals surface area contributed by atoms with Crippen LogP contribution in [0.15, 0.2) is 23.4 Å². The van der Waals surface area contributed by atoms with E-state index >= 15 is 0 Å². The number of carbonyl (C=O) groups excluding carboxylic acids is 1. The standard InChI is InChI=1S/C25H28ClN5O2S2/c1-5-31-23(16(4)33-20-10-14(2)7-9-19(20)26)29-30-25(31)34-13-22(32)28-24-18(12-27)17-8-6-15(3)11-21(17)35-24/h7,9-10,15-16H,5-6,8,11,13H2,1-4H3,(H,28,32). The Labute approximate surface area is 218 Å². The molecule has 0 aliphatic heterocycles. The van der Waals surface area contributed by atoms with Gasteiger partial charge in [0.15, 0.2) is 17.1 Å². The molecular formula is C25H28ClN5O2S2. The smallest absolute Gasteiger partial charge is 0.235 e. The summed E-state index contributed by atoms with van der Waals surface area (Å²) in [5.74, 6) is 1.87. The van der Waals surface area contributed by atoms with E-state index < -0.39 is 0 Å². The Morgan fingerprint density at radius 3 is 3.00 bits per heavy atom. The molecule has 0 spiro atoms. The van der Waals surface area contributed by atoms with Crippen LogP contribution >= 0.6 is 34.7 Å². The van der Waals surface area contributed by atoms with Crippen molar-refractivity contribution in [2.24, 2.45) is 5.92 Å². The van der Waals surface area contributed by atoms with Crippen LogP contribution in [0.5, 0.6) is 5.75 Å². The number of rotatable bonds is 8. The van der Waals surface area contributed by atoms with Gasteiger partial charge >= 0.3 is 0 Å². The summed E-state index contributed by atoms with van der Waals surface area (Å²) in [6.45, 7) is 8.74. The van der Waals surface area contributed by atoms with Gasteiger partial charge in [-0.25, -0.2) is 0 Å². The highest BCUT2D eigenvalue weighted by molar-refractivity contribution is 7.99. The molecule has 0 saturated carbocycles. The molecule has 0 bridgehead atoms. The highest BCUT2D eigenvalue weighted by atomic mass is 35.5. The predicted octanol–water partition coefficient (Wildman–Crippen LogP) is 6.19. The lowest BCUT2D eigenvalue weighted by Gasteiger charge is -2.17. The van der Waals surface area contributed by atoms with E-state index in [-0.39, 0.29) is 17.8 Å². The third-order valence-corrected chi connectivity index (χ3v) is 8.47. The first-order chi connectivity index (χ1) is 16.8. The molecule has 1 amide bonds. The molecule has 2 heterocycles. The molecule has 4 rings (SSSR count). The van der Waals surface area contributed by atoms with Crippen molar-refractivity contribution >= 4 is 45.6 Å². The van der Waals surface area contributed by atoms with E-state index in [1.165, 1.54) is 28.0 Å². The van der Waals surface area contributed by atoms with Gasteiger partial charge in [-0.3, -0.25) is 4.79 Å². The van der Waals surface area contributed by atoms with E-state index in [0.29, 0.717) is 44.8 Å². The number of nitrogens with one attached hydrogen (secondary N) is 1. The van der Waals surface area contributed by atoms with Gasteiger partial charge in [0, 0.05) is 11.4 Å². The predicted molar refractivity (Wildman–Crippen MR) is 141 cm³/mol. The molecule has 2 aromatic heterocycles. The van der Waals surface area contributed by atoms with Crippen molar-refractivity contribution < 1.29 is 9.53 Å². The lowest BCUT2D eigenvalue weighted by atomic mass is 9.89. The molecule has 1 aromatic carbocycles. The number of halogens is 1. The number of carbonyl (C=O) groups is 1. The first kappa shape index (κ1) is 25.5. The van der Waals surface area contributed by atoms with E-state index in [4.69, 9.17) is 16.3 Å². The van der Waals surface area contributed by atoms with Crippen LogP contribution in [0.3, 0.4) is 0 Å². The first-order valence-electron chi connectivity index (χ1n) is 11.6. The van der Waals surface area contributed by atoms with E-state index in [9.17, 15) is 10.1 Å². The zero-order valence-electron chi connectivity index (χ0n) is 20.2. The topological polar surface area (TPSA) is 92.8 Å². The average molecular weight is 530 g/mol. The summed E-state index contributed by atoms with van der Waals surface area (Å²) in [5.41, 5.74) is 2.78. The summed E-state index contributed by atoms with van der Waals surface area (Å²) in [4.78, 5) is 14.0. The highest BCUT2D eigenvalue weighted by Gasteiger charge is 2.25. The van der Waals surface area contributed by atoms with Crippen LogP contribution in [0.25, 0.3) is 0 Å². The highest BCUT2D eigenvalue weighted by Crippen LogP contribution is 2.39. The van der Waals surface area contributed by atoms with Crippen LogP contribution in [0, 0.1) is 24.2 Å². The van der Waals surface area contributed by atoms with Gasteiger partial charge < -0.3 is 14.6 Å². The van der Waals surface area contributed by atoms with Crippen molar-refractivity contribution in [3.05, 3.63) is 50.6 Å². The molecule has 2 unspecified atom stereocenters. The largest absolute Gasteiger partial charge is 0.481 e. The van der Waals surface area contributed by atoms with Crippen molar-refractivity contribution in [2.75, 3.05) is 11.1 Å². The maximum atomic E-state index is 12.8. The molecule has 1 N–H and O–H groups in total. The quantitative estimate of drug-likeness (QED) is 0.350. The van der Waals surface area contributed by atoms with E-state index in [2.05, 4.69) is 28.5 Å². The number of nitrogens with zero attached hydrogens (tertiary/aromatic N) is 4. The van der Waals surface area contributed by atoms with Gasteiger partial charge in [-0.05, 0) is 69.2 Å². The van der Waals surface area contributed by atoms with Crippen molar-refractivity contribution in [1.29, 1.82) is 5.26 Å².